The number of hydrogen-bond acceptors (Lipinski definition) is 5. The highest BCUT2D eigenvalue weighted by molar-refractivity contribution is 6.32. The van der Waals surface area contributed by atoms with Crippen LogP contribution in [0.25, 0.3) is 11.1 Å². The second-order valence-corrected chi connectivity index (χ2v) is 6.66. The van der Waals surface area contributed by atoms with Gasteiger partial charge in [-0.3, -0.25) is 4.79 Å². The van der Waals surface area contributed by atoms with E-state index in [9.17, 15) is 9.90 Å². The summed E-state index contributed by atoms with van der Waals surface area (Å²) in [6.45, 7) is 2.00. The van der Waals surface area contributed by atoms with Crippen molar-refractivity contribution in [1.82, 2.24) is 5.43 Å². The highest BCUT2D eigenvalue weighted by Gasteiger charge is 2.09. The van der Waals surface area contributed by atoms with Crippen LogP contribution in [0, 0.1) is 0 Å². The summed E-state index contributed by atoms with van der Waals surface area (Å²) in [5, 5.41) is 13.9. The number of hydrogen-bond donors (Lipinski definition) is 2. The van der Waals surface area contributed by atoms with Crippen molar-refractivity contribution in [1.29, 1.82) is 0 Å². The quantitative estimate of drug-likeness (QED) is 0.407. The molecular formula is C23H21ClN2O4. The van der Waals surface area contributed by atoms with Gasteiger partial charge in [0.05, 0.1) is 17.8 Å². The molecule has 0 aliphatic rings. The van der Waals surface area contributed by atoms with Gasteiger partial charge in [0, 0.05) is 0 Å². The number of benzene rings is 3. The molecule has 0 saturated carbocycles. The molecule has 0 aromatic heterocycles. The normalized spacial score (nSPS) is 10.7. The summed E-state index contributed by atoms with van der Waals surface area (Å²) in [6.07, 6.45) is 1.40. The number of nitrogens with one attached hydrogen (secondary N) is 1. The van der Waals surface area contributed by atoms with Gasteiger partial charge in [-0.05, 0) is 47.9 Å². The molecule has 30 heavy (non-hydrogen) atoms. The zero-order valence-corrected chi connectivity index (χ0v) is 17.1. The molecule has 0 spiro atoms. The van der Waals surface area contributed by atoms with E-state index in [0.717, 1.165) is 11.1 Å². The van der Waals surface area contributed by atoms with E-state index in [0.29, 0.717) is 17.9 Å². The summed E-state index contributed by atoms with van der Waals surface area (Å²) in [4.78, 5) is 11.9. The smallest absolute Gasteiger partial charge is 0.277 e. The minimum atomic E-state index is -0.409. The largest absolute Gasteiger partial charge is 0.503 e. The number of carbonyl (C=O) groups excluding carboxylic acids is 1. The van der Waals surface area contributed by atoms with Crippen molar-refractivity contribution in [3.63, 3.8) is 0 Å². The van der Waals surface area contributed by atoms with Gasteiger partial charge in [0.15, 0.2) is 18.1 Å². The topological polar surface area (TPSA) is 80.2 Å². The zero-order valence-electron chi connectivity index (χ0n) is 16.3. The molecule has 0 aliphatic heterocycles. The van der Waals surface area contributed by atoms with E-state index < -0.39 is 5.91 Å². The van der Waals surface area contributed by atoms with Crippen LogP contribution < -0.4 is 14.9 Å². The molecule has 0 heterocycles. The van der Waals surface area contributed by atoms with Crippen LogP contribution in [0.5, 0.6) is 17.2 Å². The van der Waals surface area contributed by atoms with Crippen molar-refractivity contribution in [3.05, 3.63) is 77.3 Å². The first kappa shape index (κ1) is 21.2. The molecule has 0 radical (unpaired) electrons. The molecule has 3 aromatic carbocycles. The van der Waals surface area contributed by atoms with Crippen molar-refractivity contribution >= 4 is 23.7 Å². The molecule has 0 fully saturated rings. The lowest BCUT2D eigenvalue weighted by molar-refractivity contribution is -0.123. The molecule has 2 N–H and O–H groups in total. The third kappa shape index (κ3) is 5.75. The Morgan fingerprint density at radius 3 is 2.47 bits per heavy atom. The lowest BCUT2D eigenvalue weighted by Crippen LogP contribution is -2.24. The highest BCUT2D eigenvalue weighted by Crippen LogP contribution is 2.34. The third-order valence-corrected chi connectivity index (χ3v) is 4.37. The van der Waals surface area contributed by atoms with Crippen LogP contribution in [0.2, 0.25) is 5.02 Å². The second kappa shape index (κ2) is 10.3. The maximum Gasteiger partial charge on any atom is 0.277 e. The lowest BCUT2D eigenvalue weighted by atomic mass is 10.1. The Bertz CT molecular complexity index is 1020. The average molecular weight is 425 g/mol. The molecule has 0 unspecified atom stereocenters. The highest BCUT2D eigenvalue weighted by atomic mass is 35.5. The van der Waals surface area contributed by atoms with Crippen molar-refractivity contribution < 1.29 is 19.4 Å². The van der Waals surface area contributed by atoms with Crippen LogP contribution in [-0.4, -0.2) is 30.4 Å². The van der Waals surface area contributed by atoms with E-state index in [1.165, 1.54) is 12.3 Å². The van der Waals surface area contributed by atoms with Crippen LogP contribution in [-0.2, 0) is 4.79 Å². The van der Waals surface area contributed by atoms with Gasteiger partial charge >= 0.3 is 0 Å². The van der Waals surface area contributed by atoms with Gasteiger partial charge in [0.2, 0.25) is 0 Å². The fourth-order valence-corrected chi connectivity index (χ4v) is 2.89. The fraction of sp³-hybridized carbons (Fsp3) is 0.130. The van der Waals surface area contributed by atoms with Gasteiger partial charge < -0.3 is 14.6 Å². The number of ether oxygens (including phenoxy) is 2. The van der Waals surface area contributed by atoms with Gasteiger partial charge in [-0.25, -0.2) is 5.43 Å². The number of carbonyl (C=O) groups is 1. The first-order valence-electron chi connectivity index (χ1n) is 9.32. The Balaban J connectivity index is 1.51. The van der Waals surface area contributed by atoms with Gasteiger partial charge in [0.25, 0.3) is 5.91 Å². The minimum absolute atomic E-state index is 0.133. The Hall–Kier alpha value is -3.51. The van der Waals surface area contributed by atoms with Crippen molar-refractivity contribution in [3.8, 4) is 28.4 Å². The molecule has 0 aliphatic carbocycles. The van der Waals surface area contributed by atoms with Gasteiger partial charge in [-0.15, -0.1) is 0 Å². The summed E-state index contributed by atoms with van der Waals surface area (Å²) < 4.78 is 10.8. The Labute approximate surface area is 179 Å². The standard InChI is InChI=1S/C23H21ClN2O4/c1-2-29-21-13-16(12-20(24)23(21)28)14-25-26-22(27)15-30-19-10-8-18(9-11-19)17-6-4-3-5-7-17/h3-14,28H,2,15H2,1H3,(H,26,27)/b25-14+. The average Bonchev–Trinajstić information content (AvgIpc) is 2.77. The number of hydrazone groups is 1. The number of amides is 1. The summed E-state index contributed by atoms with van der Waals surface area (Å²) in [6, 6.07) is 20.6. The van der Waals surface area contributed by atoms with E-state index in [4.69, 9.17) is 21.1 Å². The number of aromatic hydroxyl groups is 1. The summed E-state index contributed by atoms with van der Waals surface area (Å²) >= 11 is 5.96. The molecule has 1 amide bonds. The fourth-order valence-electron chi connectivity index (χ4n) is 2.67. The van der Waals surface area contributed by atoms with Crippen molar-refractivity contribution in [2.75, 3.05) is 13.2 Å². The predicted molar refractivity (Wildman–Crippen MR) is 117 cm³/mol. The maximum atomic E-state index is 11.9. The van der Waals surface area contributed by atoms with E-state index in [1.807, 2.05) is 54.6 Å². The Morgan fingerprint density at radius 2 is 1.77 bits per heavy atom. The summed E-state index contributed by atoms with van der Waals surface area (Å²) in [7, 11) is 0. The third-order valence-electron chi connectivity index (χ3n) is 4.08. The van der Waals surface area contributed by atoms with E-state index in [-0.39, 0.29) is 23.1 Å². The maximum absolute atomic E-state index is 11.9. The molecule has 0 saturated heterocycles. The molecule has 3 rings (SSSR count). The molecular weight excluding hydrogens is 404 g/mol. The zero-order chi connectivity index (χ0) is 21.3. The second-order valence-electron chi connectivity index (χ2n) is 6.25. The summed E-state index contributed by atoms with van der Waals surface area (Å²) in [5.41, 5.74) is 5.13. The number of halogens is 1. The van der Waals surface area contributed by atoms with Crippen LogP contribution in [0.3, 0.4) is 0 Å². The van der Waals surface area contributed by atoms with E-state index in [2.05, 4.69) is 10.5 Å². The minimum Gasteiger partial charge on any atom is -0.503 e. The summed E-state index contributed by atoms with van der Waals surface area (Å²) in [5.74, 6) is 0.292. The molecule has 6 nitrogen and oxygen atoms in total. The van der Waals surface area contributed by atoms with Gasteiger partial charge in [-0.1, -0.05) is 54.1 Å². The van der Waals surface area contributed by atoms with Crippen LogP contribution in [0.15, 0.2) is 71.8 Å². The van der Waals surface area contributed by atoms with E-state index >= 15 is 0 Å². The first-order valence-corrected chi connectivity index (χ1v) is 9.70. The molecule has 7 heteroatoms. The van der Waals surface area contributed by atoms with Crippen LogP contribution >= 0.6 is 11.6 Å². The van der Waals surface area contributed by atoms with Gasteiger partial charge in [0.1, 0.15) is 5.75 Å². The Kier molecular flexibility index (Phi) is 7.29. The van der Waals surface area contributed by atoms with Crippen LogP contribution in [0.4, 0.5) is 0 Å². The molecule has 0 atom stereocenters. The first-order chi connectivity index (χ1) is 14.6. The monoisotopic (exact) mass is 424 g/mol. The molecule has 3 aromatic rings. The predicted octanol–water partition coefficient (Wildman–Crippen LogP) is 4.64. The lowest BCUT2D eigenvalue weighted by Gasteiger charge is -2.08. The number of phenolic OH excluding ortho intramolecular Hbond substituents is 1. The van der Waals surface area contributed by atoms with Gasteiger partial charge in [-0.2, -0.15) is 5.10 Å². The Morgan fingerprint density at radius 1 is 1.07 bits per heavy atom. The number of rotatable bonds is 8. The SMILES string of the molecule is CCOc1cc(/C=N/NC(=O)COc2ccc(-c3ccccc3)cc2)cc(Cl)c1O. The van der Waals surface area contributed by atoms with Crippen LogP contribution in [0.1, 0.15) is 12.5 Å². The number of phenols is 1. The van der Waals surface area contributed by atoms with Crippen molar-refractivity contribution in [2.45, 2.75) is 6.92 Å². The molecule has 0 bridgehead atoms. The molecule has 154 valence electrons. The number of nitrogens with zero attached hydrogens (tertiary/aromatic N) is 1. The van der Waals surface area contributed by atoms with E-state index in [1.54, 1.807) is 13.0 Å². The van der Waals surface area contributed by atoms with Crippen molar-refractivity contribution in [2.24, 2.45) is 5.10 Å².